The minimum Gasteiger partial charge on any atom is -0.284 e. The third-order valence-corrected chi connectivity index (χ3v) is 8.85. The van der Waals surface area contributed by atoms with Crippen molar-refractivity contribution in [2.75, 3.05) is 0 Å². The molecule has 0 radical (unpaired) electrons. The van der Waals surface area contributed by atoms with E-state index in [9.17, 15) is 13.2 Å². The Labute approximate surface area is 292 Å². The van der Waals surface area contributed by atoms with E-state index in [0.717, 1.165) is 18.2 Å². The van der Waals surface area contributed by atoms with Crippen LogP contribution >= 0.6 is 0 Å². The molecule has 0 amide bonds. The van der Waals surface area contributed by atoms with Crippen molar-refractivity contribution in [1.82, 2.24) is 15.0 Å². The van der Waals surface area contributed by atoms with E-state index in [1.165, 1.54) is 20.8 Å². The maximum Gasteiger partial charge on any atom is 3.00 e. The van der Waals surface area contributed by atoms with E-state index in [1.54, 1.807) is 54.6 Å². The van der Waals surface area contributed by atoms with Crippen LogP contribution in [0.3, 0.4) is 0 Å². The molecular formula is C39H24F6IrN3. The molecule has 4 heterocycles. The second-order valence-corrected chi connectivity index (χ2v) is 11.7. The van der Waals surface area contributed by atoms with Crippen molar-refractivity contribution < 1.29 is 46.4 Å². The van der Waals surface area contributed by atoms with Crippen LogP contribution in [-0.2, 0) is 20.1 Å². The van der Waals surface area contributed by atoms with Gasteiger partial charge in [0.15, 0.2) is 0 Å². The van der Waals surface area contributed by atoms with Crippen molar-refractivity contribution in [3.63, 3.8) is 0 Å². The van der Waals surface area contributed by atoms with Gasteiger partial charge in [-0.2, -0.15) is 18.2 Å². The Kier molecular flexibility index (Phi) is 9.31. The molecule has 49 heavy (non-hydrogen) atoms. The molecule has 6 bridgehead atoms. The van der Waals surface area contributed by atoms with Crippen LogP contribution in [0.2, 0.25) is 0 Å². The molecule has 3 aromatic heterocycles. The van der Waals surface area contributed by atoms with Gasteiger partial charge in [0.05, 0.1) is 34.2 Å². The number of rotatable bonds is 3. The molecule has 0 aliphatic carbocycles. The van der Waals surface area contributed by atoms with Crippen LogP contribution in [0.1, 0.15) is 85.3 Å². The first-order valence-electron chi connectivity index (χ1n) is 15.0. The van der Waals surface area contributed by atoms with Gasteiger partial charge in [-0.15, -0.1) is 34.9 Å². The third kappa shape index (κ3) is 5.87. The Hall–Kier alpha value is -4.66. The van der Waals surface area contributed by atoms with Crippen molar-refractivity contribution >= 4 is 0 Å². The predicted molar refractivity (Wildman–Crippen MR) is 165 cm³/mol. The average molecular weight is 841 g/mol. The fourth-order valence-electron chi connectivity index (χ4n) is 6.20. The molecule has 0 saturated carbocycles. The van der Waals surface area contributed by atoms with Crippen molar-refractivity contribution in [3.8, 4) is 0 Å². The molecule has 0 spiro atoms. The molecule has 3 nitrogen and oxygen atoms in total. The number of hydrogen-bond acceptors (Lipinski definition) is 3. The summed E-state index contributed by atoms with van der Waals surface area (Å²) in [7, 11) is 0. The summed E-state index contributed by atoms with van der Waals surface area (Å²) < 4.78 is 91.2. The number of pyridine rings is 3. The standard InChI is InChI=1S/C39H24F6N3.Ir/c1-19-25(40)16-13-22(37(19)43)34-28-7-4-9-30(46-28)35(23-14-17-26(41)20(2)38(23)44)32-11-6-12-33(48-32)36(31-10-5-8-29(34)47-31)24-15-18-27(42)21(3)39(24)45;/h4-12,16-18,34-36H,1-3H3;/q-3;+3. The first-order chi connectivity index (χ1) is 23.0. The van der Waals surface area contributed by atoms with E-state index in [0.29, 0.717) is 0 Å². The molecule has 246 valence electrons. The average Bonchev–Trinajstić information content (AvgIpc) is 3.09. The topological polar surface area (TPSA) is 38.7 Å². The largest absolute Gasteiger partial charge is 3.00 e. The Morgan fingerprint density at radius 1 is 0.429 bits per heavy atom. The fourth-order valence-corrected chi connectivity index (χ4v) is 6.20. The maximum atomic E-state index is 15.9. The number of benzene rings is 3. The summed E-state index contributed by atoms with van der Waals surface area (Å²) in [4.78, 5) is 14.6. The molecule has 0 atom stereocenters. The van der Waals surface area contributed by atoms with Crippen LogP contribution in [0.15, 0.2) is 72.8 Å². The van der Waals surface area contributed by atoms with E-state index < -0.39 is 52.7 Å². The van der Waals surface area contributed by atoms with Gasteiger partial charge in [0.2, 0.25) is 0 Å². The van der Waals surface area contributed by atoms with Crippen LogP contribution in [0, 0.1) is 73.9 Å². The zero-order chi connectivity index (χ0) is 33.9. The molecule has 0 fully saturated rings. The second kappa shape index (κ2) is 13.3. The van der Waals surface area contributed by atoms with E-state index in [4.69, 9.17) is 15.0 Å². The van der Waals surface area contributed by atoms with Gasteiger partial charge in [0.25, 0.3) is 0 Å². The normalized spacial score (nSPS) is 16.7. The van der Waals surface area contributed by atoms with Gasteiger partial charge in [0.1, 0.15) is 0 Å². The molecule has 3 aromatic carbocycles. The molecular weight excluding hydrogens is 817 g/mol. The monoisotopic (exact) mass is 841 g/mol. The summed E-state index contributed by atoms with van der Waals surface area (Å²) in [6.07, 6.45) is 0. The Balaban J connectivity index is 0.00000417. The third-order valence-electron chi connectivity index (χ3n) is 8.85. The van der Waals surface area contributed by atoms with Gasteiger partial charge in [-0.05, 0) is 36.4 Å². The van der Waals surface area contributed by atoms with Crippen molar-refractivity contribution in [2.24, 2.45) is 0 Å². The SMILES string of the molecule is Cc1c(F)c[c-]c(C2c3cccc(n3)C(c3[c-]cc(F)c(C)c3F)c3cccc(n3)C(c3[c-]cc(F)c(C)c3F)c3cccc2n3)c1F.[Ir+3]. The molecule has 0 N–H and O–H groups in total. The summed E-state index contributed by atoms with van der Waals surface area (Å²) in [6, 6.07) is 26.1. The van der Waals surface area contributed by atoms with E-state index >= 15 is 13.2 Å². The maximum absolute atomic E-state index is 15.9. The van der Waals surface area contributed by atoms with Crippen molar-refractivity contribution in [1.29, 1.82) is 0 Å². The summed E-state index contributed by atoms with van der Waals surface area (Å²) in [5.41, 5.74) is 0.798. The summed E-state index contributed by atoms with van der Waals surface area (Å²) in [5.74, 6) is -8.07. The van der Waals surface area contributed by atoms with Gasteiger partial charge >= 0.3 is 20.1 Å². The first kappa shape index (κ1) is 34.2. The molecule has 0 saturated heterocycles. The van der Waals surface area contributed by atoms with Gasteiger partial charge < -0.3 is 0 Å². The van der Waals surface area contributed by atoms with E-state index in [-0.39, 0.29) is 87.6 Å². The van der Waals surface area contributed by atoms with Gasteiger partial charge in [-0.1, -0.05) is 55.7 Å². The first-order valence-corrected chi connectivity index (χ1v) is 15.0. The number of fused-ring (bicyclic) bond motifs is 6. The smallest absolute Gasteiger partial charge is 0.284 e. The minimum absolute atomic E-state index is 0. The zero-order valence-electron chi connectivity index (χ0n) is 26.1. The predicted octanol–water partition coefficient (Wildman–Crippen LogP) is 8.88. The Bertz CT molecular complexity index is 1930. The van der Waals surface area contributed by atoms with Crippen LogP contribution in [0.4, 0.5) is 26.3 Å². The Morgan fingerprint density at radius 2 is 0.653 bits per heavy atom. The van der Waals surface area contributed by atoms with E-state index in [1.807, 2.05) is 0 Å². The van der Waals surface area contributed by atoms with Crippen LogP contribution in [0.25, 0.3) is 0 Å². The number of aromatic nitrogens is 3. The molecule has 1 aliphatic heterocycles. The van der Waals surface area contributed by atoms with Crippen LogP contribution < -0.4 is 0 Å². The second-order valence-electron chi connectivity index (χ2n) is 11.7. The van der Waals surface area contributed by atoms with Gasteiger partial charge in [0, 0.05) is 52.7 Å². The summed E-state index contributed by atoms with van der Waals surface area (Å²) in [6.45, 7) is 3.92. The van der Waals surface area contributed by atoms with Crippen LogP contribution in [0.5, 0.6) is 0 Å². The molecule has 0 unspecified atom stereocenters. The van der Waals surface area contributed by atoms with Crippen LogP contribution in [-0.4, -0.2) is 15.0 Å². The van der Waals surface area contributed by atoms with Gasteiger partial charge in [-0.3, -0.25) is 41.3 Å². The number of hydrogen-bond donors (Lipinski definition) is 0. The zero-order valence-corrected chi connectivity index (χ0v) is 28.5. The molecule has 10 heteroatoms. The summed E-state index contributed by atoms with van der Waals surface area (Å²) >= 11 is 0. The quantitative estimate of drug-likeness (QED) is 0.132. The van der Waals surface area contributed by atoms with Gasteiger partial charge in [-0.25, -0.2) is 0 Å². The molecule has 7 rings (SSSR count). The number of halogens is 6. The summed E-state index contributed by atoms with van der Waals surface area (Å²) in [5, 5.41) is 0. The Morgan fingerprint density at radius 3 is 0.878 bits per heavy atom. The fraction of sp³-hybridized carbons (Fsp3) is 0.154. The number of nitrogens with zero attached hydrogens (tertiary/aromatic N) is 3. The van der Waals surface area contributed by atoms with Crippen molar-refractivity contribution in [3.05, 3.63) is 193 Å². The molecule has 6 aromatic rings. The van der Waals surface area contributed by atoms with Crippen molar-refractivity contribution in [2.45, 2.75) is 38.5 Å². The molecule has 1 aliphatic rings. The minimum atomic E-state index is -1.05. The van der Waals surface area contributed by atoms with E-state index in [2.05, 4.69) is 18.2 Å².